The van der Waals surface area contributed by atoms with E-state index >= 15 is 0 Å². The minimum absolute atomic E-state index is 0.227. The summed E-state index contributed by atoms with van der Waals surface area (Å²) in [6.45, 7) is 2.96. The first-order chi connectivity index (χ1) is 12.1. The smallest absolute Gasteiger partial charge is 0.293 e. The molecule has 0 unspecified atom stereocenters. The Hall–Kier alpha value is -2.43. The van der Waals surface area contributed by atoms with Gasteiger partial charge in [0.05, 0.1) is 19.1 Å². The van der Waals surface area contributed by atoms with Crippen LogP contribution in [-0.2, 0) is 13.1 Å². The standard InChI is InChI=1S/C20H25N3O2/c1-15-7-9-18(10-8-15)22-21-13-17-11-12-23(20(25)19(17)24)14-16-5-3-2-4-6-16/h2-6,11-12,15,18,24H,7-10,13-14H2,1H3. The van der Waals surface area contributed by atoms with E-state index in [0.717, 1.165) is 24.3 Å². The molecule has 1 aliphatic rings. The molecular weight excluding hydrogens is 314 g/mol. The molecule has 25 heavy (non-hydrogen) atoms. The van der Waals surface area contributed by atoms with Crippen LogP contribution in [0.1, 0.15) is 43.7 Å². The van der Waals surface area contributed by atoms with Crippen molar-refractivity contribution in [3.8, 4) is 5.75 Å². The van der Waals surface area contributed by atoms with Gasteiger partial charge in [-0.1, -0.05) is 37.3 Å². The number of aromatic hydroxyl groups is 1. The van der Waals surface area contributed by atoms with Crippen LogP contribution in [0.15, 0.2) is 57.6 Å². The maximum atomic E-state index is 12.3. The van der Waals surface area contributed by atoms with Crippen molar-refractivity contribution in [2.75, 3.05) is 0 Å². The summed E-state index contributed by atoms with van der Waals surface area (Å²) in [5.41, 5.74) is 1.16. The van der Waals surface area contributed by atoms with E-state index in [9.17, 15) is 9.90 Å². The van der Waals surface area contributed by atoms with Gasteiger partial charge >= 0.3 is 0 Å². The average Bonchev–Trinajstić information content (AvgIpc) is 2.63. The maximum Gasteiger partial charge on any atom is 0.293 e. The van der Waals surface area contributed by atoms with Crippen molar-refractivity contribution in [2.24, 2.45) is 16.1 Å². The van der Waals surface area contributed by atoms with Gasteiger partial charge in [0.1, 0.15) is 0 Å². The Bertz CT molecular complexity index is 775. The van der Waals surface area contributed by atoms with Crippen LogP contribution < -0.4 is 5.56 Å². The molecule has 1 aromatic carbocycles. The number of hydrogen-bond donors (Lipinski definition) is 1. The van der Waals surface area contributed by atoms with Crippen molar-refractivity contribution in [1.82, 2.24) is 4.57 Å². The molecule has 0 aliphatic heterocycles. The highest BCUT2D eigenvalue weighted by atomic mass is 16.3. The molecule has 3 rings (SSSR count). The maximum absolute atomic E-state index is 12.3. The van der Waals surface area contributed by atoms with Crippen LogP contribution >= 0.6 is 0 Å². The lowest BCUT2D eigenvalue weighted by Gasteiger charge is -2.22. The summed E-state index contributed by atoms with van der Waals surface area (Å²) in [5.74, 6) is 0.558. The summed E-state index contributed by atoms with van der Waals surface area (Å²) >= 11 is 0. The number of nitrogens with zero attached hydrogens (tertiary/aromatic N) is 3. The van der Waals surface area contributed by atoms with Gasteiger partial charge < -0.3 is 9.67 Å². The summed E-state index contributed by atoms with van der Waals surface area (Å²) < 4.78 is 1.51. The van der Waals surface area contributed by atoms with Crippen LogP contribution in [0.5, 0.6) is 5.75 Å². The van der Waals surface area contributed by atoms with Crippen LogP contribution in [0, 0.1) is 5.92 Å². The molecule has 1 fully saturated rings. The van der Waals surface area contributed by atoms with Crippen LogP contribution in [0.3, 0.4) is 0 Å². The quantitative estimate of drug-likeness (QED) is 0.832. The predicted octanol–water partition coefficient (Wildman–Crippen LogP) is 4.13. The molecule has 0 spiro atoms. The normalized spacial score (nSPS) is 20.8. The fraction of sp³-hybridized carbons (Fsp3) is 0.450. The van der Waals surface area contributed by atoms with Crippen molar-refractivity contribution < 1.29 is 5.11 Å². The zero-order valence-corrected chi connectivity index (χ0v) is 14.6. The number of aromatic nitrogens is 1. The van der Waals surface area contributed by atoms with Crippen molar-refractivity contribution >= 4 is 0 Å². The van der Waals surface area contributed by atoms with Crippen molar-refractivity contribution in [3.05, 3.63) is 64.1 Å². The second-order valence-corrected chi connectivity index (χ2v) is 6.94. The van der Waals surface area contributed by atoms with Gasteiger partial charge in [-0.2, -0.15) is 10.2 Å². The second kappa shape index (κ2) is 8.10. The van der Waals surface area contributed by atoms with Gasteiger partial charge in [-0.05, 0) is 43.2 Å². The summed E-state index contributed by atoms with van der Waals surface area (Å²) in [6, 6.07) is 11.7. The van der Waals surface area contributed by atoms with E-state index in [1.54, 1.807) is 12.3 Å². The van der Waals surface area contributed by atoms with Crippen molar-refractivity contribution in [2.45, 2.75) is 51.7 Å². The SMILES string of the molecule is CC1CCC(N=NCc2ccn(Cc3ccccc3)c(=O)c2O)CC1. The molecule has 1 aromatic heterocycles. The molecule has 1 saturated carbocycles. The number of hydrogen-bond acceptors (Lipinski definition) is 4. The minimum Gasteiger partial charge on any atom is -0.503 e. The lowest BCUT2D eigenvalue weighted by atomic mass is 9.88. The highest BCUT2D eigenvalue weighted by molar-refractivity contribution is 5.29. The third kappa shape index (κ3) is 4.56. The monoisotopic (exact) mass is 339 g/mol. The van der Waals surface area contributed by atoms with Crippen LogP contribution in [0.4, 0.5) is 0 Å². The second-order valence-electron chi connectivity index (χ2n) is 6.94. The van der Waals surface area contributed by atoms with E-state index in [1.165, 1.54) is 17.4 Å². The Morgan fingerprint density at radius 1 is 1.12 bits per heavy atom. The topological polar surface area (TPSA) is 67.0 Å². The fourth-order valence-corrected chi connectivity index (χ4v) is 3.22. The fourth-order valence-electron chi connectivity index (χ4n) is 3.22. The molecule has 0 atom stereocenters. The molecule has 1 heterocycles. The summed E-state index contributed by atoms with van der Waals surface area (Å²) in [7, 11) is 0. The van der Waals surface area contributed by atoms with E-state index in [0.29, 0.717) is 12.1 Å². The van der Waals surface area contributed by atoms with E-state index in [4.69, 9.17) is 0 Å². The lowest BCUT2D eigenvalue weighted by Crippen LogP contribution is -2.20. The van der Waals surface area contributed by atoms with Crippen LogP contribution in [-0.4, -0.2) is 15.7 Å². The molecule has 1 aliphatic carbocycles. The molecule has 132 valence electrons. The average molecular weight is 339 g/mol. The lowest BCUT2D eigenvalue weighted by molar-refractivity contribution is 0.340. The molecular formula is C20H25N3O2. The molecule has 5 heteroatoms. The Balaban J connectivity index is 1.65. The third-order valence-corrected chi connectivity index (χ3v) is 4.89. The van der Waals surface area contributed by atoms with Gasteiger partial charge in [0.25, 0.3) is 5.56 Å². The Morgan fingerprint density at radius 3 is 2.56 bits per heavy atom. The Kier molecular flexibility index (Phi) is 5.64. The zero-order chi connectivity index (χ0) is 17.6. The van der Waals surface area contributed by atoms with E-state index < -0.39 is 0 Å². The summed E-state index contributed by atoms with van der Waals surface area (Å²) in [5, 5.41) is 18.8. The van der Waals surface area contributed by atoms with Crippen LogP contribution in [0.2, 0.25) is 0 Å². The Labute approximate surface area is 148 Å². The van der Waals surface area contributed by atoms with Gasteiger partial charge in [-0.15, -0.1) is 0 Å². The first-order valence-electron chi connectivity index (χ1n) is 8.95. The molecule has 0 saturated heterocycles. The molecule has 0 bridgehead atoms. The number of pyridine rings is 1. The van der Waals surface area contributed by atoms with E-state index in [-0.39, 0.29) is 23.9 Å². The number of azo groups is 1. The first-order valence-corrected chi connectivity index (χ1v) is 8.95. The van der Waals surface area contributed by atoms with E-state index in [2.05, 4.69) is 17.2 Å². The summed E-state index contributed by atoms with van der Waals surface area (Å²) in [4.78, 5) is 12.3. The van der Waals surface area contributed by atoms with Crippen molar-refractivity contribution in [1.29, 1.82) is 0 Å². The van der Waals surface area contributed by atoms with Crippen molar-refractivity contribution in [3.63, 3.8) is 0 Å². The minimum atomic E-state index is -0.386. The van der Waals surface area contributed by atoms with Gasteiger partial charge in [0, 0.05) is 11.8 Å². The molecule has 5 nitrogen and oxygen atoms in total. The third-order valence-electron chi connectivity index (χ3n) is 4.89. The van der Waals surface area contributed by atoms with Gasteiger partial charge in [0.15, 0.2) is 5.75 Å². The number of rotatable bonds is 5. The zero-order valence-electron chi connectivity index (χ0n) is 14.6. The highest BCUT2D eigenvalue weighted by Crippen LogP contribution is 2.26. The largest absolute Gasteiger partial charge is 0.503 e. The van der Waals surface area contributed by atoms with Gasteiger partial charge in [-0.3, -0.25) is 4.79 Å². The molecule has 0 amide bonds. The van der Waals surface area contributed by atoms with Crippen LogP contribution in [0.25, 0.3) is 0 Å². The van der Waals surface area contributed by atoms with E-state index in [1.807, 2.05) is 30.3 Å². The molecule has 2 aromatic rings. The molecule has 1 N–H and O–H groups in total. The highest BCUT2D eigenvalue weighted by Gasteiger charge is 2.17. The Morgan fingerprint density at radius 2 is 1.84 bits per heavy atom. The summed E-state index contributed by atoms with van der Waals surface area (Å²) in [6.07, 6.45) is 6.27. The first kappa shape index (κ1) is 17.4. The predicted molar refractivity (Wildman–Crippen MR) is 97.9 cm³/mol. The van der Waals surface area contributed by atoms with Gasteiger partial charge in [-0.25, -0.2) is 0 Å². The molecule has 0 radical (unpaired) electrons. The number of benzene rings is 1. The van der Waals surface area contributed by atoms with Gasteiger partial charge in [0.2, 0.25) is 0 Å².